The van der Waals surface area contributed by atoms with E-state index in [0.717, 1.165) is 12.1 Å². The number of rotatable bonds is 12. The monoisotopic (exact) mass is 839 g/mol. The summed E-state index contributed by atoms with van der Waals surface area (Å²) in [6.45, 7) is -0.616. The molecule has 9 N–H and O–H groups in total. The zero-order chi connectivity index (χ0) is 42.3. The lowest BCUT2D eigenvalue weighted by Crippen LogP contribution is -2.62. The van der Waals surface area contributed by atoms with Crippen LogP contribution in [0.5, 0.6) is 5.75 Å². The van der Waals surface area contributed by atoms with Gasteiger partial charge in [-0.05, 0) is 52.6 Å². The van der Waals surface area contributed by atoms with Crippen molar-refractivity contribution in [3.05, 3.63) is 120 Å². The number of benzene rings is 4. The van der Waals surface area contributed by atoms with Gasteiger partial charge in [0.2, 0.25) is 12.2 Å². The molecule has 0 bridgehead atoms. The average Bonchev–Trinajstić information content (AvgIpc) is 3.23. The number of nitrogens with zero attached hydrogens (tertiary/aromatic N) is 1. The smallest absolute Gasteiger partial charge is 0.335 e. The highest BCUT2D eigenvalue weighted by Crippen LogP contribution is 2.47. The van der Waals surface area contributed by atoms with Crippen LogP contribution < -0.4 is 9.64 Å². The molecule has 3 aliphatic rings. The lowest BCUT2D eigenvalue weighted by Gasteiger charge is -2.47. The molecular weight excluding hydrogens is 798 g/mol. The van der Waals surface area contributed by atoms with Gasteiger partial charge in [-0.2, -0.15) is 0 Å². The van der Waals surface area contributed by atoms with Crippen LogP contribution in [0.25, 0.3) is 11.1 Å². The Bertz CT molecular complexity index is 2140. The summed E-state index contributed by atoms with van der Waals surface area (Å²) in [6, 6.07) is 23.3. The van der Waals surface area contributed by atoms with Gasteiger partial charge in [-0.25, -0.2) is 9.18 Å². The number of ether oxygens (including phenoxy) is 3. The summed E-state index contributed by atoms with van der Waals surface area (Å²) in [6.07, 6.45) is -18.2. The van der Waals surface area contributed by atoms with Crippen molar-refractivity contribution in [1.82, 2.24) is 0 Å². The Hall–Kier alpha value is -4.70. The first-order chi connectivity index (χ1) is 28.2. The summed E-state index contributed by atoms with van der Waals surface area (Å²) in [4.78, 5) is 27.3. The van der Waals surface area contributed by atoms with Gasteiger partial charge in [0.05, 0.1) is 24.5 Å². The third-order valence-electron chi connectivity index (χ3n) is 10.8. The molecule has 0 spiro atoms. The SMILES string of the molecule is O=C(O)C1O[C@@H](Oc2cc(-c3ccc(C4O[C@H](CO)[C@@H](O)[C@H](O)[C@H]4O)cc3)ccc2[C@@H]2[C@@H](S(=O)C[C@H](O)c3ccc(F)cc3)C(=O)N2c2ccccc2)C(O)[C@@H](O)C1O. The van der Waals surface area contributed by atoms with Crippen molar-refractivity contribution in [2.24, 2.45) is 0 Å². The first kappa shape index (κ1) is 42.4. The Morgan fingerprint density at radius 2 is 1.44 bits per heavy atom. The highest BCUT2D eigenvalue weighted by Gasteiger charge is 2.54. The predicted octanol–water partition coefficient (Wildman–Crippen LogP) is 0.217. The summed E-state index contributed by atoms with van der Waals surface area (Å²) >= 11 is 0. The molecule has 314 valence electrons. The minimum atomic E-state index is -2.07. The number of carboxylic acid groups (broad SMARTS) is 1. The van der Waals surface area contributed by atoms with E-state index in [1.807, 2.05) is 0 Å². The molecule has 4 aromatic rings. The Morgan fingerprint density at radius 3 is 2.08 bits per heavy atom. The molecule has 3 aliphatic heterocycles. The summed E-state index contributed by atoms with van der Waals surface area (Å²) < 4.78 is 45.0. The second-order valence-corrected chi connectivity index (χ2v) is 16.1. The first-order valence-corrected chi connectivity index (χ1v) is 19.9. The van der Waals surface area contributed by atoms with Gasteiger partial charge >= 0.3 is 5.97 Å². The number of aliphatic hydroxyl groups excluding tert-OH is 8. The largest absolute Gasteiger partial charge is 0.479 e. The highest BCUT2D eigenvalue weighted by atomic mass is 32.2. The van der Waals surface area contributed by atoms with Crippen molar-refractivity contribution in [2.75, 3.05) is 17.3 Å². The lowest BCUT2D eigenvalue weighted by atomic mass is 9.89. The van der Waals surface area contributed by atoms with Crippen molar-refractivity contribution < 1.29 is 78.4 Å². The van der Waals surface area contributed by atoms with Gasteiger partial charge in [-0.3, -0.25) is 9.00 Å². The van der Waals surface area contributed by atoms with E-state index in [2.05, 4.69) is 0 Å². The minimum Gasteiger partial charge on any atom is -0.479 e. The maximum atomic E-state index is 14.1. The molecule has 0 radical (unpaired) electrons. The van der Waals surface area contributed by atoms with Crippen LogP contribution >= 0.6 is 0 Å². The van der Waals surface area contributed by atoms with Gasteiger partial charge in [-0.1, -0.05) is 66.7 Å². The van der Waals surface area contributed by atoms with Crippen LogP contribution in [0.1, 0.15) is 34.9 Å². The molecule has 5 unspecified atom stereocenters. The number of aliphatic hydroxyl groups is 8. The van der Waals surface area contributed by atoms with Crippen LogP contribution in [0.4, 0.5) is 10.1 Å². The second kappa shape index (κ2) is 17.5. The van der Waals surface area contributed by atoms with Crippen LogP contribution in [-0.4, -0.2) is 135 Å². The van der Waals surface area contributed by atoms with Crippen molar-refractivity contribution >= 4 is 28.4 Å². The third-order valence-corrected chi connectivity index (χ3v) is 12.5. The molecule has 3 heterocycles. The fourth-order valence-electron chi connectivity index (χ4n) is 7.51. The summed E-state index contributed by atoms with van der Waals surface area (Å²) in [5.74, 6) is -3.29. The van der Waals surface area contributed by atoms with Gasteiger partial charge in [0.15, 0.2) is 6.10 Å². The summed E-state index contributed by atoms with van der Waals surface area (Å²) in [5.41, 5.74) is 2.23. The van der Waals surface area contributed by atoms with Crippen LogP contribution in [0, 0.1) is 5.82 Å². The molecule has 0 aromatic heterocycles. The normalized spacial score (nSPS) is 31.9. The number of hydrogen-bond acceptors (Lipinski definition) is 14. The van der Waals surface area contributed by atoms with Crippen molar-refractivity contribution in [3.8, 4) is 16.9 Å². The highest BCUT2D eigenvalue weighted by molar-refractivity contribution is 7.86. The van der Waals surface area contributed by atoms with E-state index in [0.29, 0.717) is 22.4 Å². The van der Waals surface area contributed by atoms with Crippen LogP contribution in [0.3, 0.4) is 0 Å². The molecule has 4 aromatic carbocycles. The molecule has 59 heavy (non-hydrogen) atoms. The zero-order valence-corrected chi connectivity index (χ0v) is 31.7. The van der Waals surface area contributed by atoms with Gasteiger partial charge in [0, 0.05) is 22.1 Å². The molecule has 14 atom stereocenters. The minimum absolute atomic E-state index is 0.114. The van der Waals surface area contributed by atoms with Crippen LogP contribution in [0.15, 0.2) is 97.1 Å². The molecular formula is C41H42FNO15S. The number of β-lactam (4-membered cyclic amide) rings is 1. The number of carbonyl (C=O) groups is 2. The standard InChI is InChI=1S/C41H42FNO15S/c42-23-13-10-20(11-14-23)26(45)18-59(55)38-29(43(39(38)52)24-4-2-1-3-5-24)25-15-12-22(16-27(25)57-41-35(51)32(48)34(50)37(58-41)40(53)54)19-6-8-21(9-7-19)36-33(49)31(47)30(46)28(17-44)56-36/h1-16,26,28-38,41,44-51H,17-18H2,(H,53,54)/t26-,28+,29+,30+,31-,32-,33+,34?,35?,36?,37?,38+,41+,59?/m0/s1. The second-order valence-electron chi connectivity index (χ2n) is 14.5. The maximum Gasteiger partial charge on any atom is 0.335 e. The van der Waals surface area contributed by atoms with E-state index in [1.165, 1.54) is 23.1 Å². The van der Waals surface area contributed by atoms with Gasteiger partial charge < -0.3 is 65.1 Å². The Morgan fingerprint density at radius 1 is 0.797 bits per heavy atom. The molecule has 1 amide bonds. The Labute approximate surface area is 338 Å². The van der Waals surface area contributed by atoms with E-state index in [-0.39, 0.29) is 16.9 Å². The van der Waals surface area contributed by atoms with E-state index >= 15 is 0 Å². The van der Waals surface area contributed by atoms with Gasteiger partial charge in [-0.15, -0.1) is 0 Å². The molecule has 7 rings (SSSR count). The summed E-state index contributed by atoms with van der Waals surface area (Å²) in [5, 5.41) is 92.1. The molecule has 18 heteroatoms. The van der Waals surface area contributed by atoms with E-state index in [4.69, 9.17) is 14.2 Å². The maximum absolute atomic E-state index is 14.1. The number of carboxylic acids is 1. The van der Waals surface area contributed by atoms with E-state index in [9.17, 15) is 64.1 Å². The Kier molecular flexibility index (Phi) is 12.6. The fourth-order valence-corrected chi connectivity index (χ4v) is 9.12. The van der Waals surface area contributed by atoms with Crippen molar-refractivity contribution in [3.63, 3.8) is 0 Å². The number of halogens is 1. The summed E-state index contributed by atoms with van der Waals surface area (Å²) in [7, 11) is -2.07. The predicted molar refractivity (Wildman–Crippen MR) is 204 cm³/mol. The van der Waals surface area contributed by atoms with Crippen LogP contribution in [-0.2, 0) is 29.9 Å². The van der Waals surface area contributed by atoms with E-state index in [1.54, 1.807) is 66.7 Å². The number of carbonyl (C=O) groups excluding carboxylic acids is 1. The molecule has 0 saturated carbocycles. The molecule has 16 nitrogen and oxygen atoms in total. The van der Waals surface area contributed by atoms with Crippen molar-refractivity contribution in [1.29, 1.82) is 0 Å². The number of hydrogen-bond donors (Lipinski definition) is 9. The lowest BCUT2D eigenvalue weighted by molar-refractivity contribution is -0.271. The van der Waals surface area contributed by atoms with E-state index < -0.39 is 119 Å². The van der Waals surface area contributed by atoms with Gasteiger partial charge in [0.1, 0.15) is 65.6 Å². The Balaban J connectivity index is 1.27. The van der Waals surface area contributed by atoms with Crippen molar-refractivity contribution in [2.45, 2.75) is 78.6 Å². The molecule has 3 fully saturated rings. The van der Waals surface area contributed by atoms with Gasteiger partial charge in [0.25, 0.3) is 0 Å². The fraction of sp³-hybridized carbons (Fsp3) is 0.366. The first-order valence-electron chi connectivity index (χ1n) is 18.5. The molecule has 3 saturated heterocycles. The number of amides is 1. The quantitative estimate of drug-likeness (QED) is 0.0865. The van der Waals surface area contributed by atoms with Crippen LogP contribution in [0.2, 0.25) is 0 Å². The zero-order valence-electron chi connectivity index (χ0n) is 30.9. The molecule has 0 aliphatic carbocycles. The number of para-hydroxylation sites is 1. The topological polar surface area (TPSA) is 264 Å². The average molecular weight is 840 g/mol. The number of anilines is 1. The third kappa shape index (κ3) is 8.26. The number of aliphatic carboxylic acids is 1.